The molecular formula is C16H17FN2O. The first-order chi connectivity index (χ1) is 9.63. The number of halogens is 1. The van der Waals surface area contributed by atoms with Crippen molar-refractivity contribution < 1.29 is 9.18 Å². The zero-order valence-electron chi connectivity index (χ0n) is 11.3. The van der Waals surface area contributed by atoms with Gasteiger partial charge in [0, 0.05) is 16.8 Å². The Labute approximate surface area is 117 Å². The van der Waals surface area contributed by atoms with Crippen LogP contribution in [0.15, 0.2) is 42.5 Å². The minimum absolute atomic E-state index is 0.247. The molecule has 0 bridgehead atoms. The number of amides is 1. The van der Waals surface area contributed by atoms with Crippen LogP contribution in [0.4, 0.5) is 10.1 Å². The van der Waals surface area contributed by atoms with Crippen LogP contribution in [0.2, 0.25) is 0 Å². The summed E-state index contributed by atoms with van der Waals surface area (Å²) < 4.78 is 13.5. The van der Waals surface area contributed by atoms with E-state index in [1.807, 2.05) is 12.1 Å². The normalized spacial score (nSPS) is 10.3. The summed E-state index contributed by atoms with van der Waals surface area (Å²) in [6, 6.07) is 11.9. The van der Waals surface area contributed by atoms with E-state index < -0.39 is 0 Å². The predicted molar refractivity (Wildman–Crippen MR) is 78.3 cm³/mol. The summed E-state index contributed by atoms with van der Waals surface area (Å²) in [5.41, 5.74) is 7.92. The molecule has 0 saturated heterocycles. The Hall–Kier alpha value is -2.20. The molecule has 2 aromatic carbocycles. The third-order valence-corrected chi connectivity index (χ3v) is 3.19. The van der Waals surface area contributed by atoms with Gasteiger partial charge in [-0.05, 0) is 43.7 Å². The molecule has 1 amide bonds. The van der Waals surface area contributed by atoms with Gasteiger partial charge in [0.2, 0.25) is 0 Å². The zero-order chi connectivity index (χ0) is 14.5. The summed E-state index contributed by atoms with van der Waals surface area (Å²) in [5, 5.41) is 2.75. The summed E-state index contributed by atoms with van der Waals surface area (Å²) in [6.45, 7) is 2.11. The zero-order valence-corrected chi connectivity index (χ0v) is 11.3. The fourth-order valence-electron chi connectivity index (χ4n) is 2.05. The summed E-state index contributed by atoms with van der Waals surface area (Å²) in [6.07, 6.45) is 0.631. The van der Waals surface area contributed by atoms with Gasteiger partial charge >= 0.3 is 0 Å². The van der Waals surface area contributed by atoms with Crippen molar-refractivity contribution in [3.63, 3.8) is 0 Å². The molecule has 0 radical (unpaired) electrons. The van der Waals surface area contributed by atoms with Gasteiger partial charge in [-0.25, -0.2) is 4.39 Å². The molecule has 2 aromatic rings. The summed E-state index contributed by atoms with van der Waals surface area (Å²) in [4.78, 5) is 12.3. The molecule has 3 N–H and O–H groups in total. The number of rotatable bonds is 4. The van der Waals surface area contributed by atoms with Gasteiger partial charge in [-0.15, -0.1) is 0 Å². The number of nitrogens with one attached hydrogen (secondary N) is 1. The van der Waals surface area contributed by atoms with E-state index in [1.54, 1.807) is 31.2 Å². The summed E-state index contributed by atoms with van der Waals surface area (Å²) >= 11 is 0. The predicted octanol–water partition coefficient (Wildman–Crippen LogP) is 2.89. The highest BCUT2D eigenvalue weighted by atomic mass is 19.1. The largest absolute Gasteiger partial charge is 0.330 e. The van der Waals surface area contributed by atoms with Crippen LogP contribution in [-0.2, 0) is 6.42 Å². The van der Waals surface area contributed by atoms with Crippen molar-refractivity contribution in [3.8, 4) is 0 Å². The molecule has 0 aliphatic heterocycles. The molecule has 4 heteroatoms. The van der Waals surface area contributed by atoms with Gasteiger partial charge in [-0.2, -0.15) is 0 Å². The number of benzene rings is 2. The van der Waals surface area contributed by atoms with Crippen LogP contribution in [0, 0.1) is 12.7 Å². The maximum absolute atomic E-state index is 13.5. The number of hydrogen-bond donors (Lipinski definition) is 2. The van der Waals surface area contributed by atoms with Crippen LogP contribution >= 0.6 is 0 Å². The highest BCUT2D eigenvalue weighted by Crippen LogP contribution is 2.19. The second-order valence-corrected chi connectivity index (χ2v) is 4.56. The maximum atomic E-state index is 13.5. The van der Waals surface area contributed by atoms with E-state index in [0.717, 1.165) is 5.56 Å². The lowest BCUT2D eigenvalue weighted by Crippen LogP contribution is -2.16. The van der Waals surface area contributed by atoms with Gasteiger partial charge in [0.25, 0.3) is 5.91 Å². The molecule has 0 aliphatic carbocycles. The van der Waals surface area contributed by atoms with Gasteiger partial charge in [0.15, 0.2) is 0 Å². The quantitative estimate of drug-likeness (QED) is 0.899. The van der Waals surface area contributed by atoms with Crippen molar-refractivity contribution in [1.29, 1.82) is 0 Å². The Morgan fingerprint density at radius 3 is 2.70 bits per heavy atom. The highest BCUT2D eigenvalue weighted by molar-refractivity contribution is 6.05. The van der Waals surface area contributed by atoms with Crippen molar-refractivity contribution in [2.24, 2.45) is 5.73 Å². The van der Waals surface area contributed by atoms with Crippen LogP contribution in [0.1, 0.15) is 21.5 Å². The van der Waals surface area contributed by atoms with Crippen molar-refractivity contribution in [2.75, 3.05) is 11.9 Å². The first kappa shape index (κ1) is 14.2. The lowest BCUT2D eigenvalue weighted by Gasteiger charge is -2.11. The third kappa shape index (κ3) is 3.03. The van der Waals surface area contributed by atoms with Gasteiger partial charge in [-0.1, -0.05) is 24.3 Å². The van der Waals surface area contributed by atoms with Gasteiger partial charge in [0.05, 0.1) is 0 Å². The van der Waals surface area contributed by atoms with E-state index in [1.165, 1.54) is 6.07 Å². The fourth-order valence-corrected chi connectivity index (χ4v) is 2.05. The van der Waals surface area contributed by atoms with Crippen LogP contribution in [0.25, 0.3) is 0 Å². The standard InChI is InChI=1S/C16H17FN2O/c1-11-14(17)7-4-8-15(11)19-16(20)13-6-3-2-5-12(13)9-10-18/h2-8H,9-10,18H2,1H3,(H,19,20). The monoisotopic (exact) mass is 272 g/mol. The summed E-state index contributed by atoms with van der Waals surface area (Å²) in [7, 11) is 0. The van der Waals surface area contributed by atoms with Crippen molar-refractivity contribution >= 4 is 11.6 Å². The molecule has 0 aromatic heterocycles. The Kier molecular flexibility index (Phi) is 4.48. The van der Waals surface area contributed by atoms with E-state index in [9.17, 15) is 9.18 Å². The number of carbonyl (C=O) groups excluding carboxylic acids is 1. The smallest absolute Gasteiger partial charge is 0.255 e. The van der Waals surface area contributed by atoms with E-state index in [-0.39, 0.29) is 11.7 Å². The molecule has 0 fully saturated rings. The van der Waals surface area contributed by atoms with Crippen molar-refractivity contribution in [3.05, 3.63) is 65.0 Å². The fraction of sp³-hybridized carbons (Fsp3) is 0.188. The number of carbonyl (C=O) groups is 1. The van der Waals surface area contributed by atoms with Crippen LogP contribution < -0.4 is 11.1 Å². The lowest BCUT2D eigenvalue weighted by atomic mass is 10.0. The second-order valence-electron chi connectivity index (χ2n) is 4.56. The SMILES string of the molecule is Cc1c(F)cccc1NC(=O)c1ccccc1CCN. The van der Waals surface area contributed by atoms with Crippen LogP contribution in [0.5, 0.6) is 0 Å². The molecule has 20 heavy (non-hydrogen) atoms. The van der Waals surface area contributed by atoms with Gasteiger partial charge in [0.1, 0.15) is 5.82 Å². The second kappa shape index (κ2) is 6.30. The first-order valence-electron chi connectivity index (χ1n) is 6.48. The minimum atomic E-state index is -0.335. The molecule has 0 saturated carbocycles. The maximum Gasteiger partial charge on any atom is 0.255 e. The summed E-state index contributed by atoms with van der Waals surface area (Å²) in [5.74, 6) is -0.583. The van der Waals surface area contributed by atoms with Crippen molar-refractivity contribution in [2.45, 2.75) is 13.3 Å². The van der Waals surface area contributed by atoms with E-state index in [4.69, 9.17) is 5.73 Å². The van der Waals surface area contributed by atoms with E-state index in [0.29, 0.717) is 29.8 Å². The van der Waals surface area contributed by atoms with E-state index in [2.05, 4.69) is 5.32 Å². The molecule has 104 valence electrons. The molecule has 0 heterocycles. The Balaban J connectivity index is 2.26. The van der Waals surface area contributed by atoms with Crippen LogP contribution in [-0.4, -0.2) is 12.5 Å². The molecule has 3 nitrogen and oxygen atoms in total. The highest BCUT2D eigenvalue weighted by Gasteiger charge is 2.12. The average Bonchev–Trinajstić information content (AvgIpc) is 2.45. The molecular weight excluding hydrogens is 255 g/mol. The lowest BCUT2D eigenvalue weighted by molar-refractivity contribution is 0.102. The number of nitrogens with two attached hydrogens (primary N) is 1. The topological polar surface area (TPSA) is 55.1 Å². The molecule has 0 aliphatic rings. The Bertz CT molecular complexity index is 626. The van der Waals surface area contributed by atoms with Crippen LogP contribution in [0.3, 0.4) is 0 Å². The number of anilines is 1. The molecule has 0 atom stereocenters. The third-order valence-electron chi connectivity index (χ3n) is 3.19. The molecule has 0 spiro atoms. The Morgan fingerprint density at radius 1 is 1.20 bits per heavy atom. The first-order valence-corrected chi connectivity index (χ1v) is 6.48. The minimum Gasteiger partial charge on any atom is -0.330 e. The molecule has 0 unspecified atom stereocenters. The molecule has 2 rings (SSSR count). The average molecular weight is 272 g/mol. The number of hydrogen-bond acceptors (Lipinski definition) is 2. The van der Waals surface area contributed by atoms with E-state index >= 15 is 0 Å². The van der Waals surface area contributed by atoms with Gasteiger partial charge in [-0.3, -0.25) is 4.79 Å². The Morgan fingerprint density at radius 2 is 1.95 bits per heavy atom. The van der Waals surface area contributed by atoms with Gasteiger partial charge < -0.3 is 11.1 Å². The van der Waals surface area contributed by atoms with Crippen molar-refractivity contribution in [1.82, 2.24) is 0 Å².